The number of rotatable bonds is 4. The van der Waals surface area contributed by atoms with Crippen LogP contribution in [0.3, 0.4) is 0 Å². The normalized spacial score (nSPS) is 11.4. The van der Waals surface area contributed by atoms with Crippen molar-refractivity contribution in [3.63, 3.8) is 0 Å². The van der Waals surface area contributed by atoms with Crippen molar-refractivity contribution in [2.45, 2.75) is 0 Å². The van der Waals surface area contributed by atoms with Crippen LogP contribution in [0, 0.1) is 29.1 Å². The highest BCUT2D eigenvalue weighted by molar-refractivity contribution is 6.16. The molecule has 0 unspecified atom stereocenters. The van der Waals surface area contributed by atoms with Gasteiger partial charge in [0.1, 0.15) is 11.9 Å². The number of hydrogen-bond acceptors (Lipinski definition) is 4. The van der Waals surface area contributed by atoms with E-state index in [1.165, 1.54) is 0 Å². The van der Waals surface area contributed by atoms with Gasteiger partial charge in [0.25, 0.3) is 0 Å². The number of ketones is 2. The van der Waals surface area contributed by atoms with Crippen molar-refractivity contribution < 1.29 is 31.5 Å². The zero-order chi connectivity index (χ0) is 21.7. The van der Waals surface area contributed by atoms with Crippen molar-refractivity contribution in [3.05, 3.63) is 82.6 Å². The summed E-state index contributed by atoms with van der Waals surface area (Å²) in [5.74, 6) is -13.5. The largest absolute Gasteiger partial charge is 0.324 e. The topological polar surface area (TPSA) is 77.5 Å². The molecule has 2 aromatic heterocycles. The van der Waals surface area contributed by atoms with Gasteiger partial charge in [0.15, 0.2) is 29.1 Å². The Balaban J connectivity index is 2.07. The van der Waals surface area contributed by atoms with Crippen LogP contribution in [0.25, 0.3) is 16.4 Å². The van der Waals surface area contributed by atoms with Crippen LogP contribution in [0.1, 0.15) is 26.4 Å². The third-order valence-corrected chi connectivity index (χ3v) is 4.66. The van der Waals surface area contributed by atoms with Crippen LogP contribution >= 0.6 is 0 Å². The van der Waals surface area contributed by atoms with Crippen LogP contribution in [-0.4, -0.2) is 27.5 Å². The predicted molar refractivity (Wildman–Crippen MR) is 95.7 cm³/mol. The van der Waals surface area contributed by atoms with Crippen LogP contribution < -0.4 is 5.73 Å². The second kappa shape index (κ2) is 6.99. The lowest BCUT2D eigenvalue weighted by atomic mass is 10.0. The minimum absolute atomic E-state index is 0.0525. The maximum Gasteiger partial charge on any atom is 0.215 e. The molecule has 2 heterocycles. The summed E-state index contributed by atoms with van der Waals surface area (Å²) >= 11 is 0. The second-order valence-corrected chi connectivity index (χ2v) is 6.32. The van der Waals surface area contributed by atoms with Gasteiger partial charge in [0, 0.05) is 10.9 Å². The molecule has 0 radical (unpaired) electrons. The van der Waals surface area contributed by atoms with E-state index in [9.17, 15) is 31.5 Å². The van der Waals surface area contributed by atoms with E-state index < -0.39 is 58.5 Å². The molecule has 0 aliphatic heterocycles. The number of halogens is 5. The van der Waals surface area contributed by atoms with Gasteiger partial charge in [-0.1, -0.05) is 18.2 Å². The molecule has 5 nitrogen and oxygen atoms in total. The molecule has 0 bridgehead atoms. The maximum absolute atomic E-state index is 14.2. The monoisotopic (exact) mass is 419 g/mol. The van der Waals surface area contributed by atoms with Crippen LogP contribution in [0.2, 0.25) is 0 Å². The van der Waals surface area contributed by atoms with E-state index in [0.29, 0.717) is 10.9 Å². The Morgan fingerprint density at radius 3 is 2.17 bits per heavy atom. The summed E-state index contributed by atoms with van der Waals surface area (Å²) in [6, 6.07) is 7.54. The number of nitrogens with zero attached hydrogens (tertiary/aromatic N) is 2. The first-order valence-corrected chi connectivity index (χ1v) is 8.46. The quantitative estimate of drug-likeness (QED) is 0.238. The molecule has 30 heavy (non-hydrogen) atoms. The first-order valence-electron chi connectivity index (χ1n) is 8.46. The lowest BCUT2D eigenvalue weighted by molar-refractivity contribution is 0.100. The van der Waals surface area contributed by atoms with Gasteiger partial charge in [0.05, 0.1) is 23.3 Å². The minimum atomic E-state index is -2.38. The number of benzene rings is 2. The van der Waals surface area contributed by atoms with Gasteiger partial charge in [0.2, 0.25) is 11.6 Å². The lowest BCUT2D eigenvalue weighted by Crippen LogP contribution is -2.15. The van der Waals surface area contributed by atoms with E-state index in [4.69, 9.17) is 5.73 Å². The molecule has 0 saturated carbocycles. The van der Waals surface area contributed by atoms with Gasteiger partial charge in [-0.2, -0.15) is 0 Å². The number of Topliss-reactive ketones (excluding diaryl/α,β-unsaturated/α-hetero) is 1. The Morgan fingerprint density at radius 2 is 1.53 bits per heavy atom. The van der Waals surface area contributed by atoms with Gasteiger partial charge in [-0.15, -0.1) is 0 Å². The average Bonchev–Trinajstić information content (AvgIpc) is 3.16. The van der Waals surface area contributed by atoms with Crippen LogP contribution in [-0.2, 0) is 0 Å². The van der Waals surface area contributed by atoms with Crippen molar-refractivity contribution >= 4 is 28.0 Å². The van der Waals surface area contributed by atoms with Crippen molar-refractivity contribution in [2.24, 2.45) is 5.73 Å². The van der Waals surface area contributed by atoms with E-state index in [1.807, 2.05) is 0 Å². The molecule has 4 rings (SSSR count). The maximum atomic E-state index is 14.2. The summed E-state index contributed by atoms with van der Waals surface area (Å²) in [4.78, 5) is 29.3. The van der Waals surface area contributed by atoms with Crippen molar-refractivity contribution in [1.82, 2.24) is 9.38 Å². The molecule has 0 spiro atoms. The van der Waals surface area contributed by atoms with Crippen LogP contribution in [0.4, 0.5) is 22.0 Å². The third kappa shape index (κ3) is 2.68. The van der Waals surface area contributed by atoms with Crippen molar-refractivity contribution in [2.75, 3.05) is 6.54 Å². The second-order valence-electron chi connectivity index (χ2n) is 6.32. The summed E-state index contributed by atoms with van der Waals surface area (Å²) in [5, 5.41) is 0.424. The Labute approximate surface area is 164 Å². The smallest absolute Gasteiger partial charge is 0.215 e. The third-order valence-electron chi connectivity index (χ3n) is 4.66. The number of fused-ring (bicyclic) bond motifs is 3. The Kier molecular flexibility index (Phi) is 4.58. The van der Waals surface area contributed by atoms with Gasteiger partial charge in [-0.3, -0.25) is 14.0 Å². The van der Waals surface area contributed by atoms with E-state index in [1.54, 1.807) is 24.3 Å². The predicted octanol–water partition coefficient (Wildman–Crippen LogP) is 3.56. The van der Waals surface area contributed by atoms with E-state index >= 15 is 0 Å². The van der Waals surface area contributed by atoms with E-state index in [0.717, 1.165) is 16.8 Å². The zero-order valence-corrected chi connectivity index (χ0v) is 14.8. The summed E-state index contributed by atoms with van der Waals surface area (Å²) in [6.45, 7) is -0.438. The summed E-state index contributed by atoms with van der Waals surface area (Å²) in [6.07, 6.45) is 1.12. The summed E-state index contributed by atoms with van der Waals surface area (Å²) < 4.78 is 69.9. The first-order chi connectivity index (χ1) is 14.3. The summed E-state index contributed by atoms with van der Waals surface area (Å²) in [5.41, 5.74) is 3.84. The average molecular weight is 419 g/mol. The number of carbonyl (C=O) groups is 2. The molecule has 0 fully saturated rings. The van der Waals surface area contributed by atoms with E-state index in [-0.39, 0.29) is 11.1 Å². The highest BCUT2D eigenvalue weighted by Gasteiger charge is 2.32. The fraction of sp³-hybridized carbons (Fsp3) is 0.0500. The molecule has 4 aromatic rings. The van der Waals surface area contributed by atoms with Crippen LogP contribution in [0.15, 0.2) is 36.7 Å². The molecule has 0 amide bonds. The highest BCUT2D eigenvalue weighted by atomic mass is 19.2. The molecule has 2 N–H and O–H groups in total. The van der Waals surface area contributed by atoms with Gasteiger partial charge in [-0.25, -0.2) is 26.9 Å². The Hall–Kier alpha value is -3.66. The Morgan fingerprint density at radius 1 is 0.933 bits per heavy atom. The van der Waals surface area contributed by atoms with Crippen molar-refractivity contribution in [3.8, 4) is 0 Å². The molecule has 2 aromatic carbocycles. The molecular formula is C20H10F5N3O2. The molecule has 0 aliphatic rings. The SMILES string of the molecule is NCC(=O)c1cc(C(=O)c2c(F)c(F)c(F)c(F)c2F)n2cnc3ccccc3c12. The molecule has 10 heteroatoms. The fourth-order valence-electron chi connectivity index (χ4n) is 3.26. The molecule has 152 valence electrons. The van der Waals surface area contributed by atoms with Gasteiger partial charge in [-0.05, 0) is 12.1 Å². The van der Waals surface area contributed by atoms with Gasteiger partial charge >= 0.3 is 0 Å². The minimum Gasteiger partial charge on any atom is -0.324 e. The Bertz CT molecular complexity index is 1350. The molecule has 0 saturated heterocycles. The number of carbonyl (C=O) groups excluding carboxylic acids is 2. The van der Waals surface area contributed by atoms with Gasteiger partial charge < -0.3 is 5.73 Å². The molecule has 0 atom stereocenters. The number of para-hydroxylation sites is 1. The molecule has 0 aliphatic carbocycles. The zero-order valence-electron chi connectivity index (χ0n) is 14.8. The first kappa shape index (κ1) is 19.6. The number of nitrogens with two attached hydrogens (primary N) is 1. The fourth-order valence-corrected chi connectivity index (χ4v) is 3.26. The van der Waals surface area contributed by atoms with E-state index in [2.05, 4.69) is 4.98 Å². The number of hydrogen-bond donors (Lipinski definition) is 1. The standard InChI is InChI=1S/C20H10F5N3O2/c21-14-13(15(22)17(24)18(25)16(14)23)20(30)11-5-9(12(29)6-26)19-8-3-1-2-4-10(8)27-7-28(11)19/h1-5,7H,6,26H2. The summed E-state index contributed by atoms with van der Waals surface area (Å²) in [7, 11) is 0. The lowest BCUT2D eigenvalue weighted by Gasteiger charge is -2.08. The molecular weight excluding hydrogens is 409 g/mol. The highest BCUT2D eigenvalue weighted by Crippen LogP contribution is 2.29. The van der Waals surface area contributed by atoms with Crippen molar-refractivity contribution in [1.29, 1.82) is 0 Å². The van der Waals surface area contributed by atoms with Crippen LogP contribution in [0.5, 0.6) is 0 Å². The number of aromatic nitrogens is 2.